The number of unbranched alkanes of at least 4 members (excludes halogenated alkanes) is 1. The van der Waals surface area contributed by atoms with Gasteiger partial charge in [-0.05, 0) is 30.8 Å². The van der Waals surface area contributed by atoms with Crippen LogP contribution in [-0.4, -0.2) is 5.66 Å². The molecular formula is C10H24P4. The molecule has 0 N–H and O–H groups in total. The lowest BCUT2D eigenvalue weighted by atomic mass is 9.85. The Bertz CT molecular complexity index is 151. The Morgan fingerprint density at radius 1 is 1.36 bits per heavy atom. The molecular weight excluding hydrogens is 244 g/mol. The lowest BCUT2D eigenvalue weighted by Crippen LogP contribution is -2.21. The number of hydrogen-bond acceptors (Lipinski definition) is 0. The fourth-order valence-electron chi connectivity index (χ4n) is 2.45. The van der Waals surface area contributed by atoms with E-state index in [1.807, 2.05) is 0 Å². The fraction of sp³-hybridized carbons (Fsp3) is 1.00. The van der Waals surface area contributed by atoms with E-state index in [2.05, 4.69) is 24.8 Å². The molecule has 6 unspecified atom stereocenters. The quantitative estimate of drug-likeness (QED) is 0.586. The van der Waals surface area contributed by atoms with Gasteiger partial charge < -0.3 is 0 Å². The molecule has 0 spiro atoms. The van der Waals surface area contributed by atoms with Crippen LogP contribution in [-0.2, 0) is 0 Å². The van der Waals surface area contributed by atoms with E-state index >= 15 is 0 Å². The Labute approximate surface area is 96.8 Å². The minimum absolute atomic E-state index is 0.255. The summed E-state index contributed by atoms with van der Waals surface area (Å²) in [5.74, 6) is 1.07. The van der Waals surface area contributed by atoms with Gasteiger partial charge >= 0.3 is 0 Å². The molecule has 6 atom stereocenters. The molecule has 1 aliphatic carbocycles. The summed E-state index contributed by atoms with van der Waals surface area (Å²) < 4.78 is 0. The lowest BCUT2D eigenvalue weighted by molar-refractivity contribution is 0.341. The third-order valence-corrected chi connectivity index (χ3v) is 14.7. The second-order valence-electron chi connectivity index (χ2n) is 4.29. The van der Waals surface area contributed by atoms with Crippen LogP contribution in [0.15, 0.2) is 0 Å². The summed E-state index contributed by atoms with van der Waals surface area (Å²) in [6, 6.07) is 0. The Morgan fingerprint density at radius 2 is 2.07 bits per heavy atom. The first-order valence-electron chi connectivity index (χ1n) is 5.79. The minimum atomic E-state index is 0.255. The van der Waals surface area contributed by atoms with Crippen molar-refractivity contribution in [2.75, 3.05) is 0 Å². The molecule has 14 heavy (non-hydrogen) atoms. The van der Waals surface area contributed by atoms with E-state index in [0.29, 0.717) is 0 Å². The van der Waals surface area contributed by atoms with E-state index in [4.69, 9.17) is 0 Å². The van der Waals surface area contributed by atoms with Gasteiger partial charge in [-0.15, -0.1) is 17.9 Å². The number of rotatable bonds is 5. The highest BCUT2D eigenvalue weighted by molar-refractivity contribution is 8.61. The first-order valence-corrected chi connectivity index (χ1v) is 12.5. The van der Waals surface area contributed by atoms with E-state index < -0.39 is 0 Å². The first-order chi connectivity index (χ1) is 6.79. The van der Waals surface area contributed by atoms with Crippen molar-refractivity contribution in [1.29, 1.82) is 0 Å². The standard InChI is InChI=1S/C10H24P4/c1-2-3-6-9-7-4-5-8-10(9)14(12)13-11/h9-10,13H,2-8,11-12H2,1H3. The van der Waals surface area contributed by atoms with Crippen LogP contribution in [0.3, 0.4) is 0 Å². The molecule has 0 radical (unpaired) electrons. The van der Waals surface area contributed by atoms with Crippen LogP contribution in [0.5, 0.6) is 0 Å². The molecule has 84 valence electrons. The van der Waals surface area contributed by atoms with Gasteiger partial charge in [0.05, 0.1) is 0 Å². The second-order valence-corrected chi connectivity index (χ2v) is 13.9. The third-order valence-electron chi connectivity index (χ3n) is 3.30. The zero-order valence-corrected chi connectivity index (χ0v) is 13.4. The first kappa shape index (κ1) is 13.8. The summed E-state index contributed by atoms with van der Waals surface area (Å²) in [5.41, 5.74) is 1.08. The van der Waals surface area contributed by atoms with Crippen molar-refractivity contribution < 1.29 is 0 Å². The predicted molar refractivity (Wildman–Crippen MR) is 79.9 cm³/mol. The normalized spacial score (nSPS) is 31.1. The summed E-state index contributed by atoms with van der Waals surface area (Å²) in [6.45, 7) is 2.32. The van der Waals surface area contributed by atoms with Crippen LogP contribution in [0, 0.1) is 5.92 Å². The van der Waals surface area contributed by atoms with Crippen molar-refractivity contribution in [3.05, 3.63) is 0 Å². The summed E-state index contributed by atoms with van der Waals surface area (Å²) in [7, 11) is 7.47. The molecule has 0 heterocycles. The van der Waals surface area contributed by atoms with Crippen molar-refractivity contribution in [2.24, 2.45) is 5.92 Å². The maximum Gasteiger partial charge on any atom is -0.0108 e. The molecule has 4 heteroatoms. The average molecular weight is 268 g/mol. The topological polar surface area (TPSA) is 0 Å². The van der Waals surface area contributed by atoms with Crippen LogP contribution in [0.1, 0.15) is 51.9 Å². The van der Waals surface area contributed by atoms with Crippen LogP contribution in [0.25, 0.3) is 0 Å². The van der Waals surface area contributed by atoms with Gasteiger partial charge in [0.15, 0.2) is 0 Å². The Kier molecular flexibility index (Phi) is 7.78. The Hall–Kier alpha value is 1.72. The molecule has 0 saturated heterocycles. The summed E-state index contributed by atoms with van der Waals surface area (Å²) in [4.78, 5) is 0. The maximum absolute atomic E-state index is 3.15. The summed E-state index contributed by atoms with van der Waals surface area (Å²) in [5, 5.41) is 0. The zero-order chi connectivity index (χ0) is 10.4. The van der Waals surface area contributed by atoms with Crippen molar-refractivity contribution in [2.45, 2.75) is 57.5 Å². The van der Waals surface area contributed by atoms with E-state index in [1.165, 1.54) is 44.9 Å². The smallest absolute Gasteiger partial charge is 0.0108 e. The molecule has 0 nitrogen and oxygen atoms in total. The molecule has 1 saturated carbocycles. The molecule has 0 aliphatic heterocycles. The van der Waals surface area contributed by atoms with E-state index in [-0.39, 0.29) is 7.30 Å². The lowest BCUT2D eigenvalue weighted by Gasteiger charge is -2.35. The van der Waals surface area contributed by atoms with E-state index in [0.717, 1.165) is 19.5 Å². The molecule has 0 aromatic heterocycles. The van der Waals surface area contributed by atoms with Gasteiger partial charge in [0.25, 0.3) is 0 Å². The Balaban J connectivity index is 2.41. The molecule has 0 aromatic carbocycles. The summed E-state index contributed by atoms with van der Waals surface area (Å²) in [6.07, 6.45) is 10.4. The fourth-order valence-corrected chi connectivity index (χ4v) is 8.35. The highest BCUT2D eigenvalue weighted by Gasteiger charge is 2.28. The van der Waals surface area contributed by atoms with Crippen LogP contribution in [0.4, 0.5) is 0 Å². The van der Waals surface area contributed by atoms with E-state index in [1.54, 1.807) is 0 Å². The monoisotopic (exact) mass is 268 g/mol. The van der Waals surface area contributed by atoms with Crippen LogP contribution in [0.2, 0.25) is 0 Å². The van der Waals surface area contributed by atoms with Gasteiger partial charge in [0, 0.05) is 0 Å². The van der Waals surface area contributed by atoms with Crippen molar-refractivity contribution >= 4 is 33.1 Å². The van der Waals surface area contributed by atoms with Gasteiger partial charge in [-0.25, -0.2) is 0 Å². The minimum Gasteiger partial charge on any atom is -0.110 e. The van der Waals surface area contributed by atoms with E-state index in [9.17, 15) is 0 Å². The zero-order valence-electron chi connectivity index (χ0n) is 9.21. The Morgan fingerprint density at radius 3 is 2.71 bits per heavy atom. The van der Waals surface area contributed by atoms with Gasteiger partial charge in [-0.1, -0.05) is 47.9 Å². The van der Waals surface area contributed by atoms with Gasteiger partial charge in [-0.2, -0.15) is 0 Å². The van der Waals surface area contributed by atoms with Crippen molar-refractivity contribution in [3.63, 3.8) is 0 Å². The predicted octanol–water partition coefficient (Wildman–Crippen LogP) is 5.39. The molecule has 1 fully saturated rings. The molecule has 0 amide bonds. The molecule has 1 aliphatic rings. The summed E-state index contributed by atoms with van der Waals surface area (Å²) >= 11 is 0. The van der Waals surface area contributed by atoms with Gasteiger partial charge in [-0.3, -0.25) is 0 Å². The van der Waals surface area contributed by atoms with Gasteiger partial charge in [0.1, 0.15) is 0 Å². The van der Waals surface area contributed by atoms with Crippen molar-refractivity contribution in [1.82, 2.24) is 0 Å². The molecule has 1 rings (SSSR count). The molecule has 0 aromatic rings. The molecule has 0 bridgehead atoms. The van der Waals surface area contributed by atoms with Crippen LogP contribution < -0.4 is 0 Å². The highest BCUT2D eigenvalue weighted by Crippen LogP contribution is 2.72. The van der Waals surface area contributed by atoms with Crippen molar-refractivity contribution in [3.8, 4) is 0 Å². The second kappa shape index (κ2) is 7.91. The third kappa shape index (κ3) is 4.30. The number of hydrogen-bond donors (Lipinski definition) is 0. The maximum atomic E-state index is 3.15. The average Bonchev–Trinajstić information content (AvgIpc) is 2.25. The van der Waals surface area contributed by atoms with Crippen LogP contribution >= 0.6 is 33.1 Å². The SMILES string of the molecule is CCCCC1CCCCC1P(P)PP. The highest BCUT2D eigenvalue weighted by atomic mass is 32.6. The van der Waals surface area contributed by atoms with Gasteiger partial charge in [0.2, 0.25) is 0 Å². The largest absolute Gasteiger partial charge is 0.110 e.